The minimum Gasteiger partial charge on any atom is -0.299 e. The largest absolute Gasteiger partial charge is 0.299 e. The minimum absolute atomic E-state index is 0.294. The standard InChI is InChI=1S/C22H27N3O2S2/c1-15-8-10-25(11-9-15)14-18-5-6-19-20(13-18)28-22(23-19)24-29(26,27)21-7-4-16(2)12-17(21)3/h4-7,12-13,15H,8-11,14H2,1-3H3,(H,23,24). The van der Waals surface area contributed by atoms with Crippen molar-refractivity contribution in [2.45, 2.75) is 45.1 Å². The number of fused-ring (bicyclic) bond motifs is 1. The van der Waals surface area contributed by atoms with E-state index in [4.69, 9.17) is 0 Å². The molecule has 0 radical (unpaired) electrons. The Balaban J connectivity index is 1.53. The van der Waals surface area contributed by atoms with E-state index in [1.807, 2.05) is 32.0 Å². The van der Waals surface area contributed by atoms with Gasteiger partial charge in [-0.1, -0.05) is 42.0 Å². The molecule has 2 aromatic carbocycles. The minimum atomic E-state index is -3.66. The van der Waals surface area contributed by atoms with Gasteiger partial charge in [0.05, 0.1) is 15.1 Å². The van der Waals surface area contributed by atoms with Crippen LogP contribution in [0.15, 0.2) is 41.3 Å². The molecular weight excluding hydrogens is 402 g/mol. The Morgan fingerprint density at radius 2 is 1.90 bits per heavy atom. The number of sulfonamides is 1. The molecule has 0 aliphatic carbocycles. The molecule has 1 aliphatic heterocycles. The lowest BCUT2D eigenvalue weighted by atomic mass is 9.99. The number of anilines is 1. The number of nitrogens with zero attached hydrogens (tertiary/aromatic N) is 2. The van der Waals surface area contributed by atoms with E-state index in [2.05, 4.69) is 33.7 Å². The SMILES string of the molecule is Cc1ccc(S(=O)(=O)Nc2nc3ccc(CN4CCC(C)CC4)cc3s2)c(C)c1. The first-order valence-corrected chi connectivity index (χ1v) is 12.3. The molecule has 5 nitrogen and oxygen atoms in total. The zero-order valence-corrected chi connectivity index (χ0v) is 18.7. The van der Waals surface area contributed by atoms with Crippen LogP contribution in [0.4, 0.5) is 5.13 Å². The van der Waals surface area contributed by atoms with Crippen LogP contribution in [0.25, 0.3) is 10.2 Å². The van der Waals surface area contributed by atoms with Crippen molar-refractivity contribution >= 4 is 36.7 Å². The second-order valence-electron chi connectivity index (χ2n) is 8.15. The van der Waals surface area contributed by atoms with Crippen molar-refractivity contribution in [1.82, 2.24) is 9.88 Å². The summed E-state index contributed by atoms with van der Waals surface area (Å²) in [5, 5.41) is 0.406. The first-order valence-electron chi connectivity index (χ1n) is 10.0. The Kier molecular flexibility index (Phi) is 5.64. The maximum atomic E-state index is 12.8. The molecule has 1 saturated heterocycles. The number of hydrogen-bond donors (Lipinski definition) is 1. The molecule has 154 valence electrons. The first kappa shape index (κ1) is 20.3. The van der Waals surface area contributed by atoms with Crippen molar-refractivity contribution in [2.75, 3.05) is 17.8 Å². The van der Waals surface area contributed by atoms with Crippen LogP contribution in [-0.2, 0) is 16.6 Å². The van der Waals surface area contributed by atoms with Gasteiger partial charge in [0.15, 0.2) is 5.13 Å². The number of benzene rings is 2. The van der Waals surface area contributed by atoms with Gasteiger partial charge in [-0.25, -0.2) is 13.4 Å². The first-order chi connectivity index (χ1) is 13.8. The van der Waals surface area contributed by atoms with Gasteiger partial charge in [0.1, 0.15) is 0 Å². The number of aromatic nitrogens is 1. The lowest BCUT2D eigenvalue weighted by Crippen LogP contribution is -2.32. The molecule has 0 saturated carbocycles. The quantitative estimate of drug-likeness (QED) is 0.624. The molecule has 2 heterocycles. The summed E-state index contributed by atoms with van der Waals surface area (Å²) in [6.07, 6.45) is 2.51. The number of likely N-dealkylation sites (tertiary alicyclic amines) is 1. The van der Waals surface area contributed by atoms with Crippen LogP contribution in [0, 0.1) is 19.8 Å². The molecule has 3 aromatic rings. The number of rotatable bonds is 5. The van der Waals surface area contributed by atoms with Crippen LogP contribution in [0.5, 0.6) is 0 Å². The van der Waals surface area contributed by atoms with Gasteiger partial charge >= 0.3 is 0 Å². The molecule has 1 N–H and O–H groups in total. The topological polar surface area (TPSA) is 62.3 Å². The molecule has 0 bridgehead atoms. The predicted molar refractivity (Wildman–Crippen MR) is 120 cm³/mol. The molecule has 29 heavy (non-hydrogen) atoms. The highest BCUT2D eigenvalue weighted by molar-refractivity contribution is 7.93. The van der Waals surface area contributed by atoms with E-state index >= 15 is 0 Å². The van der Waals surface area contributed by atoms with E-state index in [0.29, 0.717) is 10.0 Å². The molecule has 1 fully saturated rings. The molecule has 1 aliphatic rings. The summed E-state index contributed by atoms with van der Waals surface area (Å²) in [7, 11) is -3.66. The summed E-state index contributed by atoms with van der Waals surface area (Å²) in [4.78, 5) is 7.27. The lowest BCUT2D eigenvalue weighted by molar-refractivity contribution is 0.185. The smallest absolute Gasteiger partial charge is 0.263 e. The van der Waals surface area contributed by atoms with Crippen LogP contribution >= 0.6 is 11.3 Å². The molecular formula is C22H27N3O2S2. The average Bonchev–Trinajstić information content (AvgIpc) is 3.04. The highest BCUT2D eigenvalue weighted by Crippen LogP contribution is 2.30. The number of thiazole rings is 1. The molecule has 0 spiro atoms. The van der Waals surface area contributed by atoms with E-state index in [0.717, 1.165) is 46.9 Å². The van der Waals surface area contributed by atoms with E-state index < -0.39 is 10.0 Å². The molecule has 0 atom stereocenters. The van der Waals surface area contributed by atoms with Crippen LogP contribution in [0.2, 0.25) is 0 Å². The number of hydrogen-bond acceptors (Lipinski definition) is 5. The van der Waals surface area contributed by atoms with Crippen LogP contribution < -0.4 is 4.72 Å². The summed E-state index contributed by atoms with van der Waals surface area (Å²) >= 11 is 1.38. The van der Waals surface area contributed by atoms with Gasteiger partial charge in [0.2, 0.25) is 0 Å². The normalized spacial score (nSPS) is 16.4. The highest BCUT2D eigenvalue weighted by Gasteiger charge is 2.20. The summed E-state index contributed by atoms with van der Waals surface area (Å²) < 4.78 is 29.3. The lowest BCUT2D eigenvalue weighted by Gasteiger charge is -2.30. The van der Waals surface area contributed by atoms with E-state index in [-0.39, 0.29) is 0 Å². The molecule has 7 heteroatoms. The Labute approximate surface area is 176 Å². The zero-order valence-electron chi connectivity index (χ0n) is 17.1. The van der Waals surface area contributed by atoms with Crippen molar-refractivity contribution in [3.8, 4) is 0 Å². The van der Waals surface area contributed by atoms with Gasteiger partial charge in [0, 0.05) is 6.54 Å². The zero-order chi connectivity index (χ0) is 20.6. The molecule has 0 amide bonds. The Morgan fingerprint density at radius 3 is 2.62 bits per heavy atom. The van der Waals surface area contributed by atoms with Gasteiger partial charge in [-0.15, -0.1) is 0 Å². The van der Waals surface area contributed by atoms with Crippen molar-refractivity contribution in [1.29, 1.82) is 0 Å². The number of nitrogens with one attached hydrogen (secondary N) is 1. The molecule has 1 aromatic heterocycles. The van der Waals surface area contributed by atoms with Gasteiger partial charge in [-0.2, -0.15) is 0 Å². The van der Waals surface area contributed by atoms with E-state index in [1.165, 1.54) is 29.7 Å². The Morgan fingerprint density at radius 1 is 1.14 bits per heavy atom. The van der Waals surface area contributed by atoms with Gasteiger partial charge in [-0.05, 0) is 75.0 Å². The van der Waals surface area contributed by atoms with Crippen molar-refractivity contribution in [3.63, 3.8) is 0 Å². The fourth-order valence-corrected chi connectivity index (χ4v) is 6.25. The monoisotopic (exact) mass is 429 g/mol. The third-order valence-corrected chi connectivity index (χ3v) is 8.14. The third-order valence-electron chi connectivity index (χ3n) is 5.58. The fraction of sp³-hybridized carbons (Fsp3) is 0.409. The van der Waals surface area contributed by atoms with Crippen LogP contribution in [-0.4, -0.2) is 31.4 Å². The van der Waals surface area contributed by atoms with E-state index in [1.54, 1.807) is 6.07 Å². The third kappa shape index (κ3) is 4.63. The van der Waals surface area contributed by atoms with Gasteiger partial charge < -0.3 is 0 Å². The van der Waals surface area contributed by atoms with Crippen LogP contribution in [0.1, 0.15) is 36.5 Å². The molecule has 4 rings (SSSR count). The fourth-order valence-electron chi connectivity index (χ4n) is 3.86. The Bertz CT molecular complexity index is 1130. The second kappa shape index (κ2) is 8.05. The maximum Gasteiger partial charge on any atom is 0.263 e. The summed E-state index contributed by atoms with van der Waals surface area (Å²) in [6.45, 7) is 9.30. The van der Waals surface area contributed by atoms with Crippen LogP contribution in [0.3, 0.4) is 0 Å². The predicted octanol–water partition coefficient (Wildman–Crippen LogP) is 4.95. The molecule has 0 unspecified atom stereocenters. The van der Waals surface area contributed by atoms with Crippen molar-refractivity contribution in [2.24, 2.45) is 5.92 Å². The number of piperidine rings is 1. The van der Waals surface area contributed by atoms with E-state index in [9.17, 15) is 8.42 Å². The van der Waals surface area contributed by atoms with Crippen molar-refractivity contribution in [3.05, 3.63) is 53.1 Å². The second-order valence-corrected chi connectivity index (χ2v) is 10.8. The highest BCUT2D eigenvalue weighted by atomic mass is 32.2. The number of aryl methyl sites for hydroxylation is 2. The summed E-state index contributed by atoms with van der Waals surface area (Å²) in [5.74, 6) is 0.822. The average molecular weight is 430 g/mol. The van der Waals surface area contributed by atoms with Gasteiger partial charge in [-0.3, -0.25) is 9.62 Å². The summed E-state index contributed by atoms with van der Waals surface area (Å²) in [6, 6.07) is 11.6. The Hall–Kier alpha value is -1.96. The summed E-state index contributed by atoms with van der Waals surface area (Å²) in [5.41, 5.74) is 3.85. The van der Waals surface area contributed by atoms with Gasteiger partial charge in [0.25, 0.3) is 10.0 Å². The maximum absolute atomic E-state index is 12.8. The van der Waals surface area contributed by atoms with Crippen molar-refractivity contribution < 1.29 is 8.42 Å².